The predicted octanol–water partition coefficient (Wildman–Crippen LogP) is 22.1. The lowest BCUT2D eigenvalue weighted by Gasteiger charge is -2.21. The van der Waals surface area contributed by atoms with E-state index >= 15 is 0 Å². The van der Waals surface area contributed by atoms with Gasteiger partial charge in [-0.3, -0.25) is 37.3 Å². The lowest BCUT2D eigenvalue weighted by Crippen LogP contribution is -2.30. The minimum Gasteiger partial charge on any atom is -0.462 e. The Balaban J connectivity index is 5.12. The van der Waals surface area contributed by atoms with Crippen LogP contribution in [0, 0.1) is 5.92 Å². The molecule has 0 saturated carbocycles. The molecule has 558 valence electrons. The van der Waals surface area contributed by atoms with Gasteiger partial charge in [-0.1, -0.05) is 343 Å². The number of hydrogen-bond acceptors (Lipinski definition) is 15. The number of phosphoric acid groups is 2. The molecule has 0 aromatic heterocycles. The van der Waals surface area contributed by atoms with E-state index in [0.29, 0.717) is 25.7 Å². The zero-order valence-electron chi connectivity index (χ0n) is 61.1. The summed E-state index contributed by atoms with van der Waals surface area (Å²) in [6.45, 7) is 7.19. The van der Waals surface area contributed by atoms with Crippen LogP contribution in [0.5, 0.6) is 0 Å². The maximum atomic E-state index is 13.1. The summed E-state index contributed by atoms with van der Waals surface area (Å²) in [6, 6.07) is 0. The van der Waals surface area contributed by atoms with E-state index in [1.807, 2.05) is 0 Å². The molecule has 19 heteroatoms. The number of carbonyl (C=O) groups is 4. The number of carbonyl (C=O) groups excluding carboxylic acids is 4. The molecule has 6 atom stereocenters. The SMILES string of the molecule is CCCCCCCCCCCCCCCCCCCCCCCC(=O)O[C@H](COC(=O)CCCCCCCCCCCCCCCCCC)COP(=O)(O)OC[C@@H](O)COP(=O)(O)OC[C@@H](COC(=O)CCCCCCC)OC(=O)CCCCCCCCCCC(C)CC. The number of esters is 4. The summed E-state index contributed by atoms with van der Waals surface area (Å²) < 4.78 is 68.2. The third-order valence-electron chi connectivity index (χ3n) is 17.9. The van der Waals surface area contributed by atoms with Crippen LogP contribution < -0.4 is 0 Å². The Labute approximate surface area is 575 Å². The third kappa shape index (κ3) is 67.3. The van der Waals surface area contributed by atoms with Gasteiger partial charge in [0, 0.05) is 25.7 Å². The molecule has 0 aliphatic heterocycles. The molecule has 0 aliphatic carbocycles. The number of phosphoric ester groups is 2. The summed E-state index contributed by atoms with van der Waals surface area (Å²) in [4.78, 5) is 72.5. The first-order chi connectivity index (χ1) is 45.6. The summed E-state index contributed by atoms with van der Waals surface area (Å²) in [7, 11) is -9.90. The first-order valence-corrected chi connectivity index (χ1v) is 42.2. The lowest BCUT2D eigenvalue weighted by atomic mass is 9.99. The van der Waals surface area contributed by atoms with E-state index in [9.17, 15) is 43.2 Å². The molecule has 94 heavy (non-hydrogen) atoms. The average Bonchev–Trinajstić information content (AvgIpc) is 2.16. The van der Waals surface area contributed by atoms with Crippen LogP contribution in [0.25, 0.3) is 0 Å². The van der Waals surface area contributed by atoms with Gasteiger partial charge in [-0.15, -0.1) is 0 Å². The fraction of sp³-hybridized carbons (Fsp3) is 0.947. The van der Waals surface area contributed by atoms with Crippen LogP contribution in [0.2, 0.25) is 0 Å². The van der Waals surface area contributed by atoms with Crippen molar-refractivity contribution in [1.82, 2.24) is 0 Å². The van der Waals surface area contributed by atoms with Crippen molar-refractivity contribution in [2.75, 3.05) is 39.6 Å². The lowest BCUT2D eigenvalue weighted by molar-refractivity contribution is -0.161. The molecule has 3 N–H and O–H groups in total. The number of rotatable bonds is 75. The highest BCUT2D eigenvalue weighted by Gasteiger charge is 2.30. The first-order valence-electron chi connectivity index (χ1n) is 39.2. The van der Waals surface area contributed by atoms with E-state index < -0.39 is 97.5 Å². The maximum Gasteiger partial charge on any atom is 0.472 e. The van der Waals surface area contributed by atoms with E-state index in [1.165, 1.54) is 212 Å². The number of aliphatic hydroxyl groups is 1. The predicted molar refractivity (Wildman–Crippen MR) is 382 cm³/mol. The highest BCUT2D eigenvalue weighted by Crippen LogP contribution is 2.45. The first kappa shape index (κ1) is 92.1. The zero-order valence-corrected chi connectivity index (χ0v) is 62.9. The van der Waals surface area contributed by atoms with Gasteiger partial charge in [0.25, 0.3) is 0 Å². The molecule has 0 amide bonds. The van der Waals surface area contributed by atoms with Crippen LogP contribution in [-0.2, 0) is 65.4 Å². The van der Waals surface area contributed by atoms with Crippen molar-refractivity contribution in [3.63, 3.8) is 0 Å². The van der Waals surface area contributed by atoms with E-state index in [4.69, 9.17) is 37.0 Å². The van der Waals surface area contributed by atoms with E-state index in [-0.39, 0.29) is 25.7 Å². The third-order valence-corrected chi connectivity index (χ3v) is 19.8. The van der Waals surface area contributed by atoms with Crippen molar-refractivity contribution in [3.8, 4) is 0 Å². The van der Waals surface area contributed by atoms with Crippen LogP contribution in [0.3, 0.4) is 0 Å². The Hall–Kier alpha value is -1.94. The molecule has 17 nitrogen and oxygen atoms in total. The Morgan fingerprint density at radius 1 is 0.298 bits per heavy atom. The molecule has 0 aromatic rings. The van der Waals surface area contributed by atoms with Crippen molar-refractivity contribution in [2.24, 2.45) is 5.92 Å². The van der Waals surface area contributed by atoms with Gasteiger partial charge in [0.15, 0.2) is 12.2 Å². The molecule has 0 aromatic carbocycles. The number of unbranched alkanes of at least 4 members (excludes halogenated alkanes) is 46. The topological polar surface area (TPSA) is 237 Å². The van der Waals surface area contributed by atoms with Gasteiger partial charge < -0.3 is 33.8 Å². The largest absolute Gasteiger partial charge is 0.472 e. The van der Waals surface area contributed by atoms with Crippen molar-refractivity contribution >= 4 is 39.5 Å². The van der Waals surface area contributed by atoms with Gasteiger partial charge in [-0.05, 0) is 31.6 Å². The van der Waals surface area contributed by atoms with Gasteiger partial charge >= 0.3 is 39.5 Å². The minimum absolute atomic E-state index is 0.104. The van der Waals surface area contributed by atoms with E-state index in [2.05, 4.69) is 34.6 Å². The highest BCUT2D eigenvalue weighted by molar-refractivity contribution is 7.47. The smallest absolute Gasteiger partial charge is 0.462 e. The average molecular weight is 1380 g/mol. The molecule has 0 aliphatic rings. The molecule has 0 radical (unpaired) electrons. The Kier molecular flexibility index (Phi) is 66.8. The molecule has 0 rings (SSSR count). The number of hydrogen-bond donors (Lipinski definition) is 3. The second-order valence-corrected chi connectivity index (χ2v) is 30.2. The highest BCUT2D eigenvalue weighted by atomic mass is 31.2. The summed E-state index contributed by atoms with van der Waals surface area (Å²) in [6.07, 6.45) is 57.4. The molecule has 3 unspecified atom stereocenters. The monoisotopic (exact) mass is 1380 g/mol. The second kappa shape index (κ2) is 68.2. The zero-order chi connectivity index (χ0) is 69.1. The normalized spacial score (nSPS) is 14.3. The van der Waals surface area contributed by atoms with Crippen molar-refractivity contribution in [3.05, 3.63) is 0 Å². The van der Waals surface area contributed by atoms with Gasteiger partial charge in [-0.2, -0.15) is 0 Å². The van der Waals surface area contributed by atoms with E-state index in [0.717, 1.165) is 102 Å². The quantitative estimate of drug-likeness (QED) is 0.0222. The summed E-state index contributed by atoms with van der Waals surface area (Å²) in [5, 5.41) is 10.6. The van der Waals surface area contributed by atoms with Crippen LogP contribution in [-0.4, -0.2) is 96.7 Å². The van der Waals surface area contributed by atoms with E-state index in [1.54, 1.807) is 0 Å². The molecule has 0 saturated heterocycles. The Morgan fingerprint density at radius 3 is 0.755 bits per heavy atom. The summed E-state index contributed by atoms with van der Waals surface area (Å²) >= 11 is 0. The van der Waals surface area contributed by atoms with Crippen LogP contribution in [0.4, 0.5) is 0 Å². The fourth-order valence-corrected chi connectivity index (χ4v) is 13.1. The molecule has 0 spiro atoms. The molecular weight excluding hydrogens is 1230 g/mol. The Bertz CT molecular complexity index is 1810. The van der Waals surface area contributed by atoms with Crippen LogP contribution in [0.15, 0.2) is 0 Å². The minimum atomic E-state index is -4.95. The van der Waals surface area contributed by atoms with Crippen LogP contribution >= 0.6 is 15.6 Å². The molecular formula is C75H146O17P2. The standard InChI is InChI=1S/C75H146O17P2/c1-6-10-13-16-18-20-22-24-26-28-29-30-31-32-34-36-38-40-45-50-55-60-74(79)92-71(65-86-73(78)59-54-49-44-39-37-35-33-27-25-23-21-19-17-14-11-7-2)67-90-94(83,84)88-63-69(76)62-87-93(81,82)89-66-70(64-85-72(77)58-53-47-15-12-8-3)91-75(80)61-56-51-46-42-41-43-48-52-57-68(5)9-4/h68-71,76H,6-67H2,1-5H3,(H,81,82)(H,83,84)/t68?,69-,70+,71+/m0/s1. The van der Waals surface area contributed by atoms with Gasteiger partial charge in [0.2, 0.25) is 0 Å². The fourth-order valence-electron chi connectivity index (χ4n) is 11.5. The second-order valence-electron chi connectivity index (χ2n) is 27.3. The molecule has 0 bridgehead atoms. The van der Waals surface area contributed by atoms with Gasteiger partial charge in [-0.25, -0.2) is 9.13 Å². The Morgan fingerprint density at radius 2 is 0.511 bits per heavy atom. The summed E-state index contributed by atoms with van der Waals surface area (Å²) in [5.41, 5.74) is 0. The molecule has 0 heterocycles. The molecule has 0 fully saturated rings. The van der Waals surface area contributed by atoms with Gasteiger partial charge in [0.1, 0.15) is 19.3 Å². The maximum absolute atomic E-state index is 13.1. The summed E-state index contributed by atoms with van der Waals surface area (Å²) in [5.74, 6) is -1.36. The van der Waals surface area contributed by atoms with Gasteiger partial charge in [0.05, 0.1) is 26.4 Å². The van der Waals surface area contributed by atoms with Crippen LogP contribution in [0.1, 0.15) is 394 Å². The number of ether oxygens (including phenoxy) is 4. The van der Waals surface area contributed by atoms with Crippen molar-refractivity contribution < 1.29 is 80.2 Å². The number of aliphatic hydroxyl groups excluding tert-OH is 1. The van der Waals surface area contributed by atoms with Crippen molar-refractivity contribution in [2.45, 2.75) is 412 Å². The van der Waals surface area contributed by atoms with Crippen molar-refractivity contribution in [1.29, 1.82) is 0 Å².